The Morgan fingerprint density at radius 2 is 2.07 bits per heavy atom. The van der Waals surface area contributed by atoms with E-state index in [1.807, 2.05) is 0 Å². The third kappa shape index (κ3) is 2.01. The fourth-order valence-electron chi connectivity index (χ4n) is 0.957. The number of carbonyl (C=O) groups is 1. The van der Waals surface area contributed by atoms with Crippen molar-refractivity contribution < 1.29 is 14.3 Å². The molecule has 0 aliphatic rings. The van der Waals surface area contributed by atoms with Gasteiger partial charge in [-0.2, -0.15) is 0 Å². The van der Waals surface area contributed by atoms with Crippen LogP contribution in [0.25, 0.3) is 0 Å². The van der Waals surface area contributed by atoms with E-state index in [1.54, 1.807) is 12.1 Å². The largest absolute Gasteiger partial charge is 0.496 e. The molecule has 0 aliphatic heterocycles. The standard InChI is InChI=1S/C9H8BrClO3/c1-13-6-4-3-5(9(12)14-2)8(11)7(6)10/h3-4H,1-2H3. The molecule has 0 spiro atoms. The lowest BCUT2D eigenvalue weighted by Crippen LogP contribution is -2.02. The topological polar surface area (TPSA) is 35.5 Å². The molecule has 76 valence electrons. The van der Waals surface area contributed by atoms with Crippen LogP contribution in [-0.4, -0.2) is 20.2 Å². The van der Waals surface area contributed by atoms with Crippen molar-refractivity contribution in [1.29, 1.82) is 0 Å². The summed E-state index contributed by atoms with van der Waals surface area (Å²) in [6, 6.07) is 3.19. The van der Waals surface area contributed by atoms with Gasteiger partial charge in [-0.1, -0.05) is 11.6 Å². The zero-order valence-electron chi connectivity index (χ0n) is 7.64. The average molecular weight is 280 g/mol. The normalized spacial score (nSPS) is 9.71. The molecule has 14 heavy (non-hydrogen) atoms. The summed E-state index contributed by atoms with van der Waals surface area (Å²) in [5.41, 5.74) is 0.307. The summed E-state index contributed by atoms with van der Waals surface area (Å²) in [6.07, 6.45) is 0. The molecular formula is C9H8BrClO3. The summed E-state index contributed by atoms with van der Waals surface area (Å²) in [5.74, 6) is 0.0982. The first kappa shape index (κ1) is 11.3. The lowest BCUT2D eigenvalue weighted by molar-refractivity contribution is 0.0601. The second-order valence-electron chi connectivity index (χ2n) is 2.43. The maximum absolute atomic E-state index is 11.2. The predicted octanol–water partition coefficient (Wildman–Crippen LogP) is 2.90. The van der Waals surface area contributed by atoms with E-state index >= 15 is 0 Å². The molecule has 0 atom stereocenters. The minimum Gasteiger partial charge on any atom is -0.496 e. The lowest BCUT2D eigenvalue weighted by atomic mass is 10.2. The van der Waals surface area contributed by atoms with Gasteiger partial charge in [0.2, 0.25) is 0 Å². The highest BCUT2D eigenvalue weighted by Crippen LogP contribution is 2.34. The van der Waals surface area contributed by atoms with Gasteiger partial charge in [0, 0.05) is 0 Å². The lowest BCUT2D eigenvalue weighted by Gasteiger charge is -2.07. The maximum Gasteiger partial charge on any atom is 0.339 e. The van der Waals surface area contributed by atoms with Gasteiger partial charge in [-0.3, -0.25) is 0 Å². The summed E-state index contributed by atoms with van der Waals surface area (Å²) < 4.78 is 10.1. The molecule has 0 amide bonds. The van der Waals surface area contributed by atoms with Gasteiger partial charge in [0.1, 0.15) is 5.75 Å². The SMILES string of the molecule is COC(=O)c1ccc(OC)c(Br)c1Cl. The third-order valence-corrected chi connectivity index (χ3v) is 3.08. The van der Waals surface area contributed by atoms with E-state index in [1.165, 1.54) is 14.2 Å². The van der Waals surface area contributed by atoms with Crippen LogP contribution in [0, 0.1) is 0 Å². The minimum absolute atomic E-state index is 0.288. The molecular weight excluding hydrogens is 271 g/mol. The van der Waals surface area contributed by atoms with Crippen molar-refractivity contribution in [2.45, 2.75) is 0 Å². The van der Waals surface area contributed by atoms with Gasteiger partial charge in [0.15, 0.2) is 0 Å². The summed E-state index contributed by atoms with van der Waals surface area (Å²) in [7, 11) is 2.82. The molecule has 1 rings (SSSR count). The first-order valence-corrected chi connectivity index (χ1v) is 4.89. The molecule has 0 saturated heterocycles. The smallest absolute Gasteiger partial charge is 0.339 e. The Kier molecular flexibility index (Phi) is 3.77. The van der Waals surface area contributed by atoms with E-state index in [0.717, 1.165) is 0 Å². The molecule has 0 bridgehead atoms. The predicted molar refractivity (Wildman–Crippen MR) is 57.0 cm³/mol. The molecule has 1 aromatic carbocycles. The van der Waals surface area contributed by atoms with E-state index in [-0.39, 0.29) is 5.02 Å². The summed E-state index contributed by atoms with van der Waals surface area (Å²) >= 11 is 9.15. The Morgan fingerprint density at radius 3 is 2.57 bits per heavy atom. The van der Waals surface area contributed by atoms with Gasteiger partial charge in [0.25, 0.3) is 0 Å². The Bertz CT molecular complexity index is 365. The zero-order valence-corrected chi connectivity index (χ0v) is 9.98. The Labute approximate surface area is 95.1 Å². The molecule has 0 saturated carbocycles. The van der Waals surface area contributed by atoms with Crippen LogP contribution >= 0.6 is 27.5 Å². The van der Waals surface area contributed by atoms with Crippen LogP contribution in [0.15, 0.2) is 16.6 Å². The van der Waals surface area contributed by atoms with Crippen LogP contribution < -0.4 is 4.74 Å². The third-order valence-electron chi connectivity index (χ3n) is 1.67. The highest BCUT2D eigenvalue weighted by atomic mass is 79.9. The average Bonchev–Trinajstić information content (AvgIpc) is 2.21. The number of halogens is 2. The van der Waals surface area contributed by atoms with E-state index in [4.69, 9.17) is 16.3 Å². The fourth-order valence-corrected chi connectivity index (χ4v) is 1.70. The highest BCUT2D eigenvalue weighted by molar-refractivity contribution is 9.10. The fraction of sp³-hybridized carbons (Fsp3) is 0.222. The van der Waals surface area contributed by atoms with Crippen LogP contribution in [-0.2, 0) is 4.74 Å². The summed E-state index contributed by atoms with van der Waals surface area (Å²) in [5, 5.41) is 0.288. The Hall–Kier alpha value is -0.740. The maximum atomic E-state index is 11.2. The van der Waals surface area contributed by atoms with Crippen LogP contribution in [0.4, 0.5) is 0 Å². The molecule has 5 heteroatoms. The summed E-state index contributed by atoms with van der Waals surface area (Å²) in [4.78, 5) is 11.2. The number of esters is 1. The highest BCUT2D eigenvalue weighted by Gasteiger charge is 2.15. The van der Waals surface area contributed by atoms with Gasteiger partial charge < -0.3 is 9.47 Å². The van der Waals surface area contributed by atoms with Crippen molar-refractivity contribution in [3.8, 4) is 5.75 Å². The number of ether oxygens (including phenoxy) is 2. The first-order valence-electron chi connectivity index (χ1n) is 3.72. The molecule has 0 unspecified atom stereocenters. The van der Waals surface area contributed by atoms with Gasteiger partial charge >= 0.3 is 5.97 Å². The van der Waals surface area contributed by atoms with E-state index in [2.05, 4.69) is 20.7 Å². The Balaban J connectivity index is 3.24. The van der Waals surface area contributed by atoms with Gasteiger partial charge in [-0.05, 0) is 28.1 Å². The second-order valence-corrected chi connectivity index (χ2v) is 3.61. The van der Waals surface area contributed by atoms with Crippen LogP contribution in [0.2, 0.25) is 5.02 Å². The number of benzene rings is 1. The molecule has 0 aliphatic carbocycles. The molecule has 0 fully saturated rings. The monoisotopic (exact) mass is 278 g/mol. The van der Waals surface area contributed by atoms with Crippen molar-refractivity contribution in [2.24, 2.45) is 0 Å². The second kappa shape index (κ2) is 4.66. The zero-order chi connectivity index (χ0) is 10.7. The Morgan fingerprint density at radius 1 is 1.43 bits per heavy atom. The van der Waals surface area contributed by atoms with Crippen LogP contribution in [0.5, 0.6) is 5.75 Å². The van der Waals surface area contributed by atoms with Crippen molar-refractivity contribution >= 4 is 33.5 Å². The van der Waals surface area contributed by atoms with Gasteiger partial charge in [-0.25, -0.2) is 4.79 Å². The van der Waals surface area contributed by atoms with E-state index in [9.17, 15) is 4.79 Å². The molecule has 0 N–H and O–H groups in total. The number of carbonyl (C=O) groups excluding carboxylic acids is 1. The van der Waals surface area contributed by atoms with Crippen molar-refractivity contribution in [3.05, 3.63) is 27.2 Å². The summed E-state index contributed by atoms with van der Waals surface area (Å²) in [6.45, 7) is 0. The molecule has 0 heterocycles. The van der Waals surface area contributed by atoms with Gasteiger partial charge in [-0.15, -0.1) is 0 Å². The number of hydrogen-bond acceptors (Lipinski definition) is 3. The van der Waals surface area contributed by atoms with Crippen LogP contribution in [0.3, 0.4) is 0 Å². The molecule has 0 radical (unpaired) electrons. The number of methoxy groups -OCH3 is 2. The van der Waals surface area contributed by atoms with Crippen molar-refractivity contribution in [2.75, 3.05) is 14.2 Å². The molecule has 3 nitrogen and oxygen atoms in total. The number of hydrogen-bond donors (Lipinski definition) is 0. The first-order chi connectivity index (χ1) is 6.61. The molecule has 1 aromatic rings. The number of rotatable bonds is 2. The van der Waals surface area contributed by atoms with Crippen LogP contribution in [0.1, 0.15) is 10.4 Å². The van der Waals surface area contributed by atoms with Gasteiger partial charge in [0.05, 0.1) is 29.3 Å². The van der Waals surface area contributed by atoms with E-state index < -0.39 is 5.97 Å². The van der Waals surface area contributed by atoms with Crippen molar-refractivity contribution in [3.63, 3.8) is 0 Å². The minimum atomic E-state index is -0.474. The molecule has 0 aromatic heterocycles. The van der Waals surface area contributed by atoms with E-state index in [0.29, 0.717) is 15.8 Å². The quantitative estimate of drug-likeness (QED) is 0.781. The van der Waals surface area contributed by atoms with Crippen molar-refractivity contribution in [1.82, 2.24) is 0 Å².